The summed E-state index contributed by atoms with van der Waals surface area (Å²) in [4.78, 5) is 36.2. The lowest BCUT2D eigenvalue weighted by molar-refractivity contribution is 0.0928. The second-order valence-corrected chi connectivity index (χ2v) is 6.78. The fourth-order valence-electron chi connectivity index (χ4n) is 3.02. The van der Waals surface area contributed by atoms with E-state index in [2.05, 4.69) is 20.3 Å². The second-order valence-electron chi connectivity index (χ2n) is 6.78. The average Bonchev–Trinajstić information content (AvgIpc) is 3.46. The molecule has 0 aromatic carbocycles. The van der Waals surface area contributed by atoms with Gasteiger partial charge in [-0.1, -0.05) is 6.07 Å². The second kappa shape index (κ2) is 5.85. The normalized spacial score (nSPS) is 18.2. The summed E-state index contributed by atoms with van der Waals surface area (Å²) in [7, 11) is 0. The Morgan fingerprint density at radius 3 is 2.71 bits per heavy atom. The number of nitrogens with one attached hydrogen (secondary N) is 2. The number of amides is 1. The van der Waals surface area contributed by atoms with Crippen LogP contribution in [0.4, 0.5) is 0 Å². The van der Waals surface area contributed by atoms with E-state index in [1.807, 2.05) is 19.1 Å². The molecule has 1 amide bonds. The van der Waals surface area contributed by atoms with Crippen molar-refractivity contribution in [3.05, 3.63) is 57.5 Å². The molecular formula is C18H20N4O2. The summed E-state index contributed by atoms with van der Waals surface area (Å²) in [5.41, 5.74) is 1.63. The fourth-order valence-corrected chi connectivity index (χ4v) is 3.02. The SMILES string of the molecule is Cc1cccnc1[C@@H](NC(=O)c1cnc(C2CC2)[nH]c1=O)C1CC1. The summed E-state index contributed by atoms with van der Waals surface area (Å²) < 4.78 is 0. The third kappa shape index (κ3) is 2.96. The van der Waals surface area contributed by atoms with Crippen molar-refractivity contribution in [1.29, 1.82) is 0 Å². The number of aromatic nitrogens is 3. The zero-order chi connectivity index (χ0) is 16.7. The Labute approximate surface area is 139 Å². The number of pyridine rings is 1. The molecule has 2 aliphatic rings. The summed E-state index contributed by atoms with van der Waals surface area (Å²) in [5, 5.41) is 3.00. The van der Waals surface area contributed by atoms with Gasteiger partial charge in [-0.2, -0.15) is 0 Å². The van der Waals surface area contributed by atoms with Gasteiger partial charge in [-0.05, 0) is 50.2 Å². The van der Waals surface area contributed by atoms with Crippen molar-refractivity contribution in [2.45, 2.75) is 44.6 Å². The van der Waals surface area contributed by atoms with Crippen LogP contribution in [0.25, 0.3) is 0 Å². The highest BCUT2D eigenvalue weighted by Gasteiger charge is 2.35. The van der Waals surface area contributed by atoms with Crippen molar-refractivity contribution in [3.8, 4) is 0 Å². The first kappa shape index (κ1) is 15.1. The van der Waals surface area contributed by atoms with Gasteiger partial charge in [0, 0.05) is 18.3 Å². The largest absolute Gasteiger partial charge is 0.343 e. The van der Waals surface area contributed by atoms with Crippen LogP contribution in [0.15, 0.2) is 29.3 Å². The van der Waals surface area contributed by atoms with Gasteiger partial charge in [0.15, 0.2) is 0 Å². The predicted molar refractivity (Wildman–Crippen MR) is 88.7 cm³/mol. The molecule has 2 saturated carbocycles. The Morgan fingerprint density at radius 1 is 1.29 bits per heavy atom. The third-order valence-corrected chi connectivity index (χ3v) is 4.75. The molecule has 6 nitrogen and oxygen atoms in total. The highest BCUT2D eigenvalue weighted by atomic mass is 16.2. The first-order valence-corrected chi connectivity index (χ1v) is 8.45. The molecule has 2 heterocycles. The lowest BCUT2D eigenvalue weighted by Crippen LogP contribution is -2.35. The van der Waals surface area contributed by atoms with E-state index in [1.165, 1.54) is 6.20 Å². The van der Waals surface area contributed by atoms with Crippen LogP contribution in [0, 0.1) is 12.8 Å². The van der Waals surface area contributed by atoms with E-state index >= 15 is 0 Å². The van der Waals surface area contributed by atoms with Gasteiger partial charge in [0.1, 0.15) is 11.4 Å². The Hall–Kier alpha value is -2.50. The van der Waals surface area contributed by atoms with Gasteiger partial charge in [-0.25, -0.2) is 4.98 Å². The minimum atomic E-state index is -0.381. The molecule has 0 bridgehead atoms. The van der Waals surface area contributed by atoms with Gasteiger partial charge < -0.3 is 10.3 Å². The zero-order valence-corrected chi connectivity index (χ0v) is 13.6. The lowest BCUT2D eigenvalue weighted by atomic mass is 10.0. The molecule has 2 aromatic heterocycles. The van der Waals surface area contributed by atoms with Crippen LogP contribution in [-0.4, -0.2) is 20.9 Å². The predicted octanol–water partition coefficient (Wildman–Crippen LogP) is 2.23. The van der Waals surface area contributed by atoms with Crippen LogP contribution in [0.1, 0.15) is 65.1 Å². The molecule has 2 fully saturated rings. The van der Waals surface area contributed by atoms with Crippen molar-refractivity contribution >= 4 is 5.91 Å². The van der Waals surface area contributed by atoms with Crippen LogP contribution in [-0.2, 0) is 0 Å². The molecule has 4 rings (SSSR count). The number of hydrogen-bond donors (Lipinski definition) is 2. The third-order valence-electron chi connectivity index (χ3n) is 4.75. The molecule has 24 heavy (non-hydrogen) atoms. The first-order valence-electron chi connectivity index (χ1n) is 8.45. The topological polar surface area (TPSA) is 87.7 Å². The van der Waals surface area contributed by atoms with Gasteiger partial charge in [0.25, 0.3) is 11.5 Å². The molecule has 2 aliphatic carbocycles. The monoisotopic (exact) mass is 324 g/mol. The molecule has 0 spiro atoms. The Balaban J connectivity index is 1.58. The van der Waals surface area contributed by atoms with Crippen molar-refractivity contribution in [1.82, 2.24) is 20.3 Å². The molecule has 6 heteroatoms. The summed E-state index contributed by atoms with van der Waals surface area (Å²) in [5.74, 6) is 1.05. The molecule has 0 aliphatic heterocycles. The number of hydrogen-bond acceptors (Lipinski definition) is 4. The van der Waals surface area contributed by atoms with E-state index in [1.54, 1.807) is 6.20 Å². The van der Waals surface area contributed by atoms with Crippen LogP contribution in [0.3, 0.4) is 0 Å². The fraction of sp³-hybridized carbons (Fsp3) is 0.444. The smallest absolute Gasteiger partial charge is 0.263 e. The highest BCUT2D eigenvalue weighted by Crippen LogP contribution is 2.41. The summed E-state index contributed by atoms with van der Waals surface area (Å²) in [6.07, 6.45) is 7.38. The molecule has 1 atom stereocenters. The van der Waals surface area contributed by atoms with Gasteiger partial charge in [-0.3, -0.25) is 14.6 Å². The van der Waals surface area contributed by atoms with Gasteiger partial charge >= 0.3 is 0 Å². The van der Waals surface area contributed by atoms with E-state index in [9.17, 15) is 9.59 Å². The number of carbonyl (C=O) groups excluding carboxylic acids is 1. The number of aromatic amines is 1. The number of rotatable bonds is 5. The minimum Gasteiger partial charge on any atom is -0.343 e. The standard InChI is InChI=1S/C18H20N4O2/c1-10-3-2-8-19-14(10)15(11-4-5-11)21-17(23)13-9-20-16(12-6-7-12)22-18(13)24/h2-3,8-9,11-12,15H,4-7H2,1H3,(H,21,23)(H,20,22,24)/t15-/m0/s1. The van der Waals surface area contributed by atoms with E-state index in [0.29, 0.717) is 17.7 Å². The summed E-state index contributed by atoms with van der Waals surface area (Å²) in [6.45, 7) is 1.99. The van der Waals surface area contributed by atoms with Crippen molar-refractivity contribution in [2.24, 2.45) is 5.92 Å². The molecule has 0 radical (unpaired) electrons. The Morgan fingerprint density at radius 2 is 2.08 bits per heavy atom. The van der Waals surface area contributed by atoms with Crippen molar-refractivity contribution in [3.63, 3.8) is 0 Å². The number of H-pyrrole nitrogens is 1. The Bertz CT molecular complexity index is 837. The minimum absolute atomic E-state index is 0.0682. The van der Waals surface area contributed by atoms with Crippen LogP contribution < -0.4 is 10.9 Å². The molecule has 0 unspecified atom stereocenters. The number of nitrogens with zero attached hydrogens (tertiary/aromatic N) is 2. The molecule has 0 saturated heterocycles. The van der Waals surface area contributed by atoms with E-state index in [0.717, 1.165) is 36.9 Å². The first-order chi connectivity index (χ1) is 11.6. The van der Waals surface area contributed by atoms with Crippen molar-refractivity contribution < 1.29 is 4.79 Å². The number of carbonyl (C=O) groups is 1. The van der Waals surface area contributed by atoms with E-state index in [4.69, 9.17) is 0 Å². The highest BCUT2D eigenvalue weighted by molar-refractivity contribution is 5.93. The quantitative estimate of drug-likeness (QED) is 0.883. The maximum absolute atomic E-state index is 12.6. The average molecular weight is 324 g/mol. The van der Waals surface area contributed by atoms with Crippen LogP contribution in [0.2, 0.25) is 0 Å². The zero-order valence-electron chi connectivity index (χ0n) is 13.6. The maximum atomic E-state index is 12.6. The lowest BCUT2D eigenvalue weighted by Gasteiger charge is -2.19. The van der Waals surface area contributed by atoms with Crippen LogP contribution in [0.5, 0.6) is 0 Å². The molecule has 2 aromatic rings. The summed E-state index contributed by atoms with van der Waals surface area (Å²) in [6, 6.07) is 3.72. The van der Waals surface area contributed by atoms with Crippen LogP contribution >= 0.6 is 0 Å². The molecule has 124 valence electrons. The molecular weight excluding hydrogens is 304 g/mol. The van der Waals surface area contributed by atoms with Gasteiger partial charge in [-0.15, -0.1) is 0 Å². The van der Waals surface area contributed by atoms with E-state index < -0.39 is 0 Å². The van der Waals surface area contributed by atoms with E-state index in [-0.39, 0.29) is 23.1 Å². The van der Waals surface area contributed by atoms with Gasteiger partial charge in [0.05, 0.1) is 11.7 Å². The van der Waals surface area contributed by atoms with Gasteiger partial charge in [0.2, 0.25) is 0 Å². The molecule has 2 N–H and O–H groups in total. The summed E-state index contributed by atoms with van der Waals surface area (Å²) >= 11 is 0. The van der Waals surface area contributed by atoms with Crippen molar-refractivity contribution in [2.75, 3.05) is 0 Å². The Kier molecular flexibility index (Phi) is 3.67. The number of aryl methyl sites for hydroxylation is 1. The maximum Gasteiger partial charge on any atom is 0.263 e.